The number of alkyl halides is 3. The molecule has 1 saturated carbocycles. The molecule has 1 amide bonds. The van der Waals surface area contributed by atoms with E-state index in [0.29, 0.717) is 50.0 Å². The van der Waals surface area contributed by atoms with Gasteiger partial charge in [-0.25, -0.2) is 8.42 Å². The van der Waals surface area contributed by atoms with Crippen molar-refractivity contribution in [2.24, 2.45) is 11.8 Å². The zero-order valence-electron chi connectivity index (χ0n) is 22.7. The molecule has 3 rings (SSSR count). The Kier molecular flexibility index (Phi) is 9.85. The second kappa shape index (κ2) is 12.4. The van der Waals surface area contributed by atoms with E-state index >= 15 is 0 Å². The molecule has 1 unspecified atom stereocenters. The number of sulfone groups is 1. The lowest BCUT2D eigenvalue weighted by Gasteiger charge is -2.27. The van der Waals surface area contributed by atoms with Crippen molar-refractivity contribution in [2.75, 3.05) is 25.2 Å². The summed E-state index contributed by atoms with van der Waals surface area (Å²) < 4.78 is 69.8. The SMILES string of the molecule is COc1cc(NC(C)C(F)(F)F)ccc1-c1c(Cl)c(C(=O)NCC2CCC(S(C)(=O)=O)CC2)nn1CC(C)C. The van der Waals surface area contributed by atoms with E-state index in [0.717, 1.165) is 6.92 Å². The van der Waals surface area contributed by atoms with Crippen LogP contribution >= 0.6 is 11.6 Å². The normalized spacial score (nSPS) is 19.1. The average Bonchev–Trinajstić information content (AvgIpc) is 3.16. The summed E-state index contributed by atoms with van der Waals surface area (Å²) in [6, 6.07) is 2.77. The maximum Gasteiger partial charge on any atom is 0.408 e. The predicted molar refractivity (Wildman–Crippen MR) is 146 cm³/mol. The molecule has 0 radical (unpaired) electrons. The van der Waals surface area contributed by atoms with Crippen LogP contribution < -0.4 is 15.4 Å². The van der Waals surface area contributed by atoms with E-state index in [1.54, 1.807) is 10.7 Å². The van der Waals surface area contributed by atoms with Gasteiger partial charge in [-0.3, -0.25) is 9.48 Å². The molecule has 2 N–H and O–H groups in total. The number of benzene rings is 1. The highest BCUT2D eigenvalue weighted by Crippen LogP contribution is 2.39. The lowest BCUT2D eigenvalue weighted by atomic mass is 9.89. The summed E-state index contributed by atoms with van der Waals surface area (Å²) >= 11 is 6.72. The van der Waals surface area contributed by atoms with Gasteiger partial charge in [0.15, 0.2) is 5.69 Å². The highest BCUT2D eigenvalue weighted by molar-refractivity contribution is 7.91. The fraction of sp³-hybridized carbons (Fsp3) is 0.615. The Morgan fingerprint density at radius 3 is 2.38 bits per heavy atom. The molecule has 0 saturated heterocycles. The Morgan fingerprint density at radius 2 is 1.85 bits per heavy atom. The topological polar surface area (TPSA) is 102 Å². The number of halogens is 4. The van der Waals surface area contributed by atoms with Crippen molar-refractivity contribution in [1.29, 1.82) is 0 Å². The Labute approximate surface area is 232 Å². The first-order chi connectivity index (χ1) is 18.1. The molecule has 1 aliphatic carbocycles. The van der Waals surface area contributed by atoms with E-state index in [-0.39, 0.29) is 39.2 Å². The van der Waals surface area contributed by atoms with Crippen LogP contribution in [-0.4, -0.2) is 61.5 Å². The summed E-state index contributed by atoms with van der Waals surface area (Å²) in [5.74, 6) is 0.128. The number of anilines is 1. The number of hydrogen-bond acceptors (Lipinski definition) is 6. The number of amides is 1. The smallest absolute Gasteiger partial charge is 0.408 e. The van der Waals surface area contributed by atoms with Gasteiger partial charge in [0.2, 0.25) is 0 Å². The highest BCUT2D eigenvalue weighted by Gasteiger charge is 2.36. The number of methoxy groups -OCH3 is 1. The van der Waals surface area contributed by atoms with Crippen molar-refractivity contribution in [1.82, 2.24) is 15.1 Å². The van der Waals surface area contributed by atoms with Gasteiger partial charge < -0.3 is 15.4 Å². The van der Waals surface area contributed by atoms with E-state index in [1.165, 1.54) is 25.5 Å². The maximum absolute atomic E-state index is 13.1. The van der Waals surface area contributed by atoms with Gasteiger partial charge in [0, 0.05) is 36.7 Å². The van der Waals surface area contributed by atoms with Gasteiger partial charge in [0.05, 0.1) is 23.1 Å². The molecule has 0 bridgehead atoms. The maximum atomic E-state index is 13.1. The minimum atomic E-state index is -4.42. The third kappa shape index (κ3) is 7.81. The van der Waals surface area contributed by atoms with Crippen LogP contribution in [0.1, 0.15) is 56.9 Å². The van der Waals surface area contributed by atoms with E-state index in [9.17, 15) is 26.4 Å². The quantitative estimate of drug-likeness (QED) is 0.374. The lowest BCUT2D eigenvalue weighted by Crippen LogP contribution is -2.34. The van der Waals surface area contributed by atoms with Crippen molar-refractivity contribution >= 4 is 33.0 Å². The largest absolute Gasteiger partial charge is 0.496 e. The molecule has 8 nitrogen and oxygen atoms in total. The summed E-state index contributed by atoms with van der Waals surface area (Å²) in [6.07, 6.45) is -0.624. The molecule has 1 heterocycles. The summed E-state index contributed by atoms with van der Waals surface area (Å²) in [7, 11) is -1.67. The molecule has 1 aliphatic rings. The number of hydrogen-bond donors (Lipinski definition) is 2. The minimum absolute atomic E-state index is 0.0343. The van der Waals surface area contributed by atoms with Gasteiger partial charge >= 0.3 is 6.18 Å². The van der Waals surface area contributed by atoms with Gasteiger partial charge in [-0.1, -0.05) is 25.4 Å². The lowest BCUT2D eigenvalue weighted by molar-refractivity contribution is -0.138. The molecule has 2 aromatic rings. The number of rotatable bonds is 10. The minimum Gasteiger partial charge on any atom is -0.496 e. The van der Waals surface area contributed by atoms with Gasteiger partial charge in [-0.05, 0) is 56.6 Å². The van der Waals surface area contributed by atoms with E-state index in [1.807, 2.05) is 13.8 Å². The predicted octanol–water partition coefficient (Wildman–Crippen LogP) is 5.56. The van der Waals surface area contributed by atoms with Crippen molar-refractivity contribution < 1.29 is 31.1 Å². The Bertz CT molecular complexity index is 1270. The first-order valence-electron chi connectivity index (χ1n) is 12.9. The molecular weight excluding hydrogens is 557 g/mol. The van der Waals surface area contributed by atoms with Crippen LogP contribution in [0.4, 0.5) is 18.9 Å². The van der Waals surface area contributed by atoms with Crippen molar-refractivity contribution in [2.45, 2.75) is 70.5 Å². The number of aromatic nitrogens is 2. The molecular formula is C26H36ClF3N4O4S. The van der Waals surface area contributed by atoms with Crippen LogP contribution in [0.15, 0.2) is 18.2 Å². The summed E-state index contributed by atoms with van der Waals surface area (Å²) in [5.41, 5.74) is 1.16. The first kappa shape index (κ1) is 31.1. The van der Waals surface area contributed by atoms with Gasteiger partial charge in [0.25, 0.3) is 5.91 Å². The van der Waals surface area contributed by atoms with Crippen LogP contribution in [0.3, 0.4) is 0 Å². The van der Waals surface area contributed by atoms with Crippen molar-refractivity contribution in [3.05, 3.63) is 28.9 Å². The average molecular weight is 593 g/mol. The molecule has 39 heavy (non-hydrogen) atoms. The van der Waals surface area contributed by atoms with Crippen molar-refractivity contribution in [3.63, 3.8) is 0 Å². The third-order valence-corrected chi connectivity index (χ3v) is 8.97. The summed E-state index contributed by atoms with van der Waals surface area (Å²) in [4.78, 5) is 13.1. The van der Waals surface area contributed by atoms with Gasteiger partial charge in [-0.15, -0.1) is 0 Å². The van der Waals surface area contributed by atoms with Gasteiger partial charge in [0.1, 0.15) is 21.6 Å². The van der Waals surface area contributed by atoms with Crippen LogP contribution in [-0.2, 0) is 16.4 Å². The second-order valence-electron chi connectivity index (χ2n) is 10.6. The van der Waals surface area contributed by atoms with E-state index in [4.69, 9.17) is 16.3 Å². The zero-order chi connectivity index (χ0) is 29.1. The monoisotopic (exact) mass is 592 g/mol. The second-order valence-corrected chi connectivity index (χ2v) is 13.3. The Hall–Kier alpha value is -2.47. The van der Waals surface area contributed by atoms with Gasteiger partial charge in [-0.2, -0.15) is 18.3 Å². The van der Waals surface area contributed by atoms with E-state index < -0.39 is 28.0 Å². The number of nitrogens with one attached hydrogen (secondary N) is 2. The number of ether oxygens (including phenoxy) is 1. The fourth-order valence-corrected chi connectivity index (χ4v) is 6.17. The number of carbonyl (C=O) groups is 1. The van der Waals surface area contributed by atoms with Crippen LogP contribution in [0.2, 0.25) is 5.02 Å². The number of nitrogens with zero attached hydrogens (tertiary/aromatic N) is 2. The summed E-state index contributed by atoms with van der Waals surface area (Å²) in [6.45, 7) is 5.80. The fourth-order valence-electron chi connectivity index (χ4n) is 4.71. The first-order valence-corrected chi connectivity index (χ1v) is 15.2. The molecule has 0 aliphatic heterocycles. The molecule has 218 valence electrons. The Morgan fingerprint density at radius 1 is 1.21 bits per heavy atom. The number of carbonyl (C=O) groups excluding carboxylic acids is 1. The molecule has 1 aromatic heterocycles. The van der Waals surface area contributed by atoms with Crippen LogP contribution in [0, 0.1) is 11.8 Å². The van der Waals surface area contributed by atoms with Crippen LogP contribution in [0.5, 0.6) is 5.75 Å². The molecule has 1 fully saturated rings. The molecule has 0 spiro atoms. The Balaban J connectivity index is 1.84. The van der Waals surface area contributed by atoms with Crippen molar-refractivity contribution in [3.8, 4) is 17.0 Å². The van der Waals surface area contributed by atoms with E-state index in [2.05, 4.69) is 15.7 Å². The molecule has 1 aromatic carbocycles. The van der Waals surface area contributed by atoms with Crippen LogP contribution in [0.25, 0.3) is 11.3 Å². The third-order valence-electron chi connectivity index (χ3n) is 6.93. The molecule has 13 heteroatoms. The highest BCUT2D eigenvalue weighted by atomic mass is 35.5. The standard InChI is InChI=1S/C26H36ClF3N4O4S/c1-15(2)14-34-24(20-11-8-18(12-21(20)38-4)32-16(3)26(28,29)30)22(27)23(33-34)25(35)31-13-17-6-9-19(10-7-17)39(5,36)37/h8,11-12,15-17,19,32H,6-7,9-10,13-14H2,1-5H3,(H,31,35). The molecule has 1 atom stereocenters. The summed E-state index contributed by atoms with van der Waals surface area (Å²) in [5, 5.41) is 9.57. The zero-order valence-corrected chi connectivity index (χ0v) is 24.3.